The molecule has 1 aliphatic carbocycles. The highest BCUT2D eigenvalue weighted by molar-refractivity contribution is 7.13. The zero-order valence-electron chi connectivity index (χ0n) is 11.1. The van der Waals surface area contributed by atoms with Crippen LogP contribution in [0.15, 0.2) is 23.7 Å². The molecule has 1 aromatic heterocycles. The second kappa shape index (κ2) is 6.04. The molecule has 102 valence electrons. The molecule has 0 bridgehead atoms. The third kappa shape index (κ3) is 2.83. The van der Waals surface area contributed by atoms with Gasteiger partial charge in [0, 0.05) is 6.04 Å². The number of halogens is 1. The van der Waals surface area contributed by atoms with Gasteiger partial charge in [0.15, 0.2) is 0 Å². The summed E-state index contributed by atoms with van der Waals surface area (Å²) >= 11 is 1.72. The first-order valence-corrected chi connectivity index (χ1v) is 7.42. The number of hydrogen-bond acceptors (Lipinski definition) is 3. The summed E-state index contributed by atoms with van der Waals surface area (Å²) in [5.74, 6) is 0. The summed E-state index contributed by atoms with van der Waals surface area (Å²) in [5, 5.41) is 0. The maximum Gasteiger partial charge on any atom is 0.0801 e. The molecule has 1 atom stereocenters. The highest BCUT2D eigenvalue weighted by Crippen LogP contribution is 2.33. The summed E-state index contributed by atoms with van der Waals surface area (Å²) in [6, 6.07) is 6.96. The molecule has 0 saturated heterocycles. The second-order valence-corrected chi connectivity index (χ2v) is 5.89. The summed E-state index contributed by atoms with van der Waals surface area (Å²) in [6.45, 7) is 2.07. The average Bonchev–Trinajstić information content (AvgIpc) is 2.71. The Hall–Kier alpha value is -0.900. The van der Waals surface area contributed by atoms with Gasteiger partial charge in [0.1, 0.15) is 0 Å². The van der Waals surface area contributed by atoms with E-state index < -0.39 is 0 Å². The van der Waals surface area contributed by atoms with E-state index in [0.29, 0.717) is 0 Å². The summed E-state index contributed by atoms with van der Waals surface area (Å²) in [6.07, 6.45) is 4.78. The molecule has 0 amide bonds. The number of benzene rings is 1. The number of nitrogens with two attached hydrogens (primary N) is 1. The minimum absolute atomic E-state index is 0. The molecule has 1 unspecified atom stereocenters. The van der Waals surface area contributed by atoms with Gasteiger partial charge >= 0.3 is 0 Å². The van der Waals surface area contributed by atoms with Crippen LogP contribution in [0.1, 0.15) is 42.1 Å². The monoisotopic (exact) mass is 294 g/mol. The van der Waals surface area contributed by atoms with Crippen molar-refractivity contribution in [2.24, 2.45) is 5.73 Å². The van der Waals surface area contributed by atoms with E-state index in [4.69, 9.17) is 5.73 Å². The number of rotatable bonds is 1. The topological polar surface area (TPSA) is 38.9 Å². The molecule has 2 N–H and O–H groups in total. The van der Waals surface area contributed by atoms with Crippen molar-refractivity contribution in [3.63, 3.8) is 0 Å². The first kappa shape index (κ1) is 14.5. The van der Waals surface area contributed by atoms with E-state index >= 15 is 0 Å². The fourth-order valence-electron chi connectivity index (χ4n) is 2.74. The molecule has 1 heterocycles. The van der Waals surface area contributed by atoms with Gasteiger partial charge in [-0.25, -0.2) is 4.98 Å². The van der Waals surface area contributed by atoms with Gasteiger partial charge in [-0.2, -0.15) is 0 Å². The smallest absolute Gasteiger partial charge is 0.0801 e. The second-order valence-electron chi connectivity index (χ2n) is 5.03. The Morgan fingerprint density at radius 2 is 2.16 bits per heavy atom. The van der Waals surface area contributed by atoms with Crippen LogP contribution in [0, 0.1) is 6.92 Å². The van der Waals surface area contributed by atoms with Crippen molar-refractivity contribution in [1.82, 2.24) is 4.98 Å². The maximum atomic E-state index is 6.24. The summed E-state index contributed by atoms with van der Waals surface area (Å²) in [4.78, 5) is 5.62. The van der Waals surface area contributed by atoms with Crippen LogP contribution >= 0.6 is 23.7 Å². The van der Waals surface area contributed by atoms with E-state index in [0.717, 1.165) is 18.5 Å². The van der Waals surface area contributed by atoms with Crippen LogP contribution in [0.3, 0.4) is 0 Å². The van der Waals surface area contributed by atoms with Gasteiger partial charge in [0.2, 0.25) is 0 Å². The van der Waals surface area contributed by atoms with Gasteiger partial charge in [0.25, 0.3) is 0 Å². The van der Waals surface area contributed by atoms with Gasteiger partial charge in [-0.3, -0.25) is 0 Å². The Morgan fingerprint density at radius 1 is 1.32 bits per heavy atom. The van der Waals surface area contributed by atoms with Crippen LogP contribution in [0.4, 0.5) is 0 Å². The molecule has 19 heavy (non-hydrogen) atoms. The van der Waals surface area contributed by atoms with Crippen LogP contribution in [-0.4, -0.2) is 4.98 Å². The number of aromatic nitrogens is 1. The van der Waals surface area contributed by atoms with Crippen LogP contribution < -0.4 is 5.73 Å². The van der Waals surface area contributed by atoms with Crippen molar-refractivity contribution in [2.45, 2.75) is 38.6 Å². The predicted octanol–water partition coefficient (Wildman–Crippen LogP) is 4.27. The zero-order valence-corrected chi connectivity index (χ0v) is 12.7. The van der Waals surface area contributed by atoms with Crippen molar-refractivity contribution in [3.05, 3.63) is 40.5 Å². The fourth-order valence-corrected chi connectivity index (χ4v) is 3.54. The van der Waals surface area contributed by atoms with Crippen molar-refractivity contribution in [2.75, 3.05) is 0 Å². The SMILES string of the molecule is Cc1ncsc1-c1ccc2c(c1)CCCCC2N.Cl. The lowest BCUT2D eigenvalue weighted by Gasteiger charge is -2.13. The molecule has 3 rings (SSSR count). The van der Waals surface area contributed by atoms with Crippen LogP contribution in [0.5, 0.6) is 0 Å². The Labute approximate surface area is 124 Å². The molecule has 0 fully saturated rings. The maximum absolute atomic E-state index is 6.24. The lowest BCUT2D eigenvalue weighted by molar-refractivity contribution is 0.615. The Morgan fingerprint density at radius 3 is 2.89 bits per heavy atom. The van der Waals surface area contributed by atoms with E-state index in [2.05, 4.69) is 30.1 Å². The van der Waals surface area contributed by atoms with Crippen molar-refractivity contribution in [1.29, 1.82) is 0 Å². The molecule has 4 heteroatoms. The lowest BCUT2D eigenvalue weighted by Crippen LogP contribution is -2.10. The highest BCUT2D eigenvalue weighted by atomic mass is 35.5. The Balaban J connectivity index is 0.00000133. The third-order valence-corrected chi connectivity index (χ3v) is 4.74. The number of thiazole rings is 1. The molecule has 1 aliphatic rings. The van der Waals surface area contributed by atoms with Gasteiger partial charge in [0.05, 0.1) is 16.1 Å². The van der Waals surface area contributed by atoms with E-state index in [1.807, 2.05) is 5.51 Å². The molecule has 2 nitrogen and oxygen atoms in total. The van der Waals surface area contributed by atoms with Gasteiger partial charge in [-0.1, -0.05) is 18.6 Å². The molecule has 0 radical (unpaired) electrons. The summed E-state index contributed by atoms with van der Waals surface area (Å²) < 4.78 is 0. The largest absolute Gasteiger partial charge is 0.324 e. The normalized spacial score (nSPS) is 18.3. The molecule has 0 aliphatic heterocycles. The standard InChI is InChI=1S/C15H18N2S.ClH/c1-10-15(18-9-17-10)12-6-7-13-11(8-12)4-2-3-5-14(13)16;/h6-9,14H,2-5,16H2,1H3;1H. The molecule has 0 spiro atoms. The molecule has 0 saturated carbocycles. The average molecular weight is 295 g/mol. The Kier molecular flexibility index (Phi) is 4.61. The number of hydrogen-bond donors (Lipinski definition) is 1. The number of nitrogens with zero attached hydrogens (tertiary/aromatic N) is 1. The lowest BCUT2D eigenvalue weighted by atomic mass is 9.96. The third-order valence-electron chi connectivity index (χ3n) is 3.76. The minimum Gasteiger partial charge on any atom is -0.324 e. The molecular weight excluding hydrogens is 276 g/mol. The van der Waals surface area contributed by atoms with Crippen molar-refractivity contribution in [3.8, 4) is 10.4 Å². The fraction of sp³-hybridized carbons (Fsp3) is 0.400. The number of aryl methyl sites for hydroxylation is 2. The quantitative estimate of drug-likeness (QED) is 0.798. The van der Waals surface area contributed by atoms with E-state index in [-0.39, 0.29) is 18.4 Å². The van der Waals surface area contributed by atoms with Crippen molar-refractivity contribution < 1.29 is 0 Å². The zero-order chi connectivity index (χ0) is 12.5. The van der Waals surface area contributed by atoms with Gasteiger partial charge in [-0.15, -0.1) is 23.7 Å². The van der Waals surface area contributed by atoms with Crippen molar-refractivity contribution >= 4 is 23.7 Å². The summed E-state index contributed by atoms with van der Waals surface area (Å²) in [7, 11) is 0. The van der Waals surface area contributed by atoms with E-state index in [1.165, 1.54) is 34.4 Å². The van der Waals surface area contributed by atoms with E-state index in [9.17, 15) is 0 Å². The minimum atomic E-state index is 0. The van der Waals surface area contributed by atoms with Gasteiger partial charge < -0.3 is 5.73 Å². The van der Waals surface area contributed by atoms with E-state index in [1.54, 1.807) is 11.3 Å². The van der Waals surface area contributed by atoms with Crippen LogP contribution in [-0.2, 0) is 6.42 Å². The molecule has 1 aromatic carbocycles. The highest BCUT2D eigenvalue weighted by Gasteiger charge is 2.16. The summed E-state index contributed by atoms with van der Waals surface area (Å²) in [5.41, 5.74) is 13.4. The predicted molar refractivity (Wildman–Crippen MR) is 84.0 cm³/mol. The van der Waals surface area contributed by atoms with Gasteiger partial charge in [-0.05, 0) is 48.9 Å². The molecule has 2 aromatic rings. The Bertz CT molecular complexity index is 565. The molecular formula is C15H19ClN2S. The first-order valence-electron chi connectivity index (χ1n) is 6.54. The van der Waals surface area contributed by atoms with Crippen LogP contribution in [0.2, 0.25) is 0 Å². The van der Waals surface area contributed by atoms with Crippen LogP contribution in [0.25, 0.3) is 10.4 Å². The number of fused-ring (bicyclic) bond motifs is 1. The first-order chi connectivity index (χ1) is 8.75.